The zero-order valence-electron chi connectivity index (χ0n) is 12.6. The van der Waals surface area contributed by atoms with Gasteiger partial charge < -0.3 is 25.7 Å². The lowest BCUT2D eigenvalue weighted by atomic mass is 9.80. The van der Waals surface area contributed by atoms with E-state index in [2.05, 4.69) is 0 Å². The second kappa shape index (κ2) is 4.55. The third kappa shape index (κ3) is 1.66. The summed E-state index contributed by atoms with van der Waals surface area (Å²) >= 11 is 0. The second-order valence-corrected chi connectivity index (χ2v) is 5.65. The second-order valence-electron chi connectivity index (χ2n) is 5.65. The molecule has 0 radical (unpaired) electrons. The van der Waals surface area contributed by atoms with Gasteiger partial charge in [0.25, 0.3) is 0 Å². The summed E-state index contributed by atoms with van der Waals surface area (Å²) in [5.41, 5.74) is 14.1. The maximum absolute atomic E-state index is 12.3. The van der Waals surface area contributed by atoms with Gasteiger partial charge in [0.15, 0.2) is 17.1 Å². The average Bonchev–Trinajstić information content (AvgIpc) is 2.83. The van der Waals surface area contributed by atoms with Crippen molar-refractivity contribution in [2.45, 2.75) is 12.0 Å². The van der Waals surface area contributed by atoms with E-state index in [1.165, 1.54) is 7.11 Å². The lowest BCUT2D eigenvalue weighted by Crippen LogP contribution is -2.35. The number of carbonyl (C=O) groups is 1. The predicted octanol–water partition coefficient (Wildman–Crippen LogP) is 2.06. The minimum atomic E-state index is -0.907. The van der Waals surface area contributed by atoms with Gasteiger partial charge in [0.2, 0.25) is 0 Å². The number of hydrogen-bond donors (Lipinski definition) is 2. The Bertz CT molecular complexity index is 834. The smallest absolute Gasteiger partial charge is 0.339 e. The molecule has 2 aliphatic heterocycles. The van der Waals surface area contributed by atoms with Gasteiger partial charge in [-0.2, -0.15) is 0 Å². The number of carbonyl (C=O) groups excluding carboxylic acids is 1. The molecule has 0 bridgehead atoms. The predicted molar refractivity (Wildman–Crippen MR) is 84.6 cm³/mol. The summed E-state index contributed by atoms with van der Waals surface area (Å²) in [4.78, 5) is 12.3. The molecule has 23 heavy (non-hydrogen) atoms. The van der Waals surface area contributed by atoms with Gasteiger partial charge in [0.1, 0.15) is 5.69 Å². The molecule has 1 atom stereocenters. The largest absolute Gasteiger partial charge is 0.492 e. The quantitative estimate of drug-likeness (QED) is 0.618. The molecule has 0 aliphatic carbocycles. The number of fused-ring (bicyclic) bond motifs is 4. The first-order valence-corrected chi connectivity index (χ1v) is 7.30. The van der Waals surface area contributed by atoms with E-state index in [4.69, 9.17) is 25.7 Å². The zero-order chi connectivity index (χ0) is 16.2. The first-order chi connectivity index (χ1) is 11.1. The molecule has 0 fully saturated rings. The molecular formula is C17H16N2O4. The summed E-state index contributed by atoms with van der Waals surface area (Å²) < 4.78 is 16.8. The number of nitrogens with two attached hydrogens (primary N) is 2. The number of esters is 1. The van der Waals surface area contributed by atoms with E-state index in [0.717, 1.165) is 5.56 Å². The molecule has 0 saturated carbocycles. The summed E-state index contributed by atoms with van der Waals surface area (Å²) in [5, 5.41) is 0. The van der Waals surface area contributed by atoms with E-state index >= 15 is 0 Å². The van der Waals surface area contributed by atoms with Gasteiger partial charge in [0.05, 0.1) is 25.0 Å². The first kappa shape index (κ1) is 13.8. The lowest BCUT2D eigenvalue weighted by Gasteiger charge is -2.36. The summed E-state index contributed by atoms with van der Waals surface area (Å²) in [7, 11) is 1.50. The van der Waals surface area contributed by atoms with Crippen LogP contribution in [0.15, 0.2) is 30.3 Å². The van der Waals surface area contributed by atoms with E-state index in [9.17, 15) is 4.79 Å². The highest BCUT2D eigenvalue weighted by Gasteiger charge is 2.51. The Morgan fingerprint density at radius 1 is 1.22 bits per heavy atom. The Hall–Kier alpha value is -2.89. The highest BCUT2D eigenvalue weighted by atomic mass is 16.6. The van der Waals surface area contributed by atoms with Crippen molar-refractivity contribution in [1.29, 1.82) is 0 Å². The van der Waals surface area contributed by atoms with Crippen LogP contribution < -0.4 is 20.9 Å². The number of ether oxygens (including phenoxy) is 3. The molecule has 0 saturated heterocycles. The SMILES string of the molecule is COc1c(N)cc2c(c1N)OCCC21OC(=O)c2ccccc21. The molecule has 6 heteroatoms. The number of methoxy groups -OCH3 is 1. The van der Waals surface area contributed by atoms with Crippen molar-refractivity contribution in [3.63, 3.8) is 0 Å². The van der Waals surface area contributed by atoms with Crippen LogP contribution in [-0.4, -0.2) is 19.7 Å². The normalized spacial score (nSPS) is 21.3. The van der Waals surface area contributed by atoms with E-state index in [0.29, 0.717) is 47.0 Å². The summed E-state index contributed by atoms with van der Waals surface area (Å²) in [6.45, 7) is 0.381. The van der Waals surface area contributed by atoms with Crippen LogP contribution in [0.3, 0.4) is 0 Å². The Kier molecular flexibility index (Phi) is 2.72. The fourth-order valence-corrected chi connectivity index (χ4v) is 3.47. The Labute approximate surface area is 132 Å². The molecule has 6 nitrogen and oxygen atoms in total. The monoisotopic (exact) mass is 312 g/mol. The number of nitrogen functional groups attached to an aromatic ring is 2. The van der Waals surface area contributed by atoms with E-state index < -0.39 is 5.60 Å². The Balaban J connectivity index is 2.02. The van der Waals surface area contributed by atoms with Gasteiger partial charge in [-0.3, -0.25) is 0 Å². The molecule has 118 valence electrons. The van der Waals surface area contributed by atoms with Gasteiger partial charge in [-0.05, 0) is 12.1 Å². The number of anilines is 2. The van der Waals surface area contributed by atoms with Crippen molar-refractivity contribution >= 4 is 17.3 Å². The van der Waals surface area contributed by atoms with Gasteiger partial charge in [0, 0.05) is 17.5 Å². The maximum atomic E-state index is 12.3. The molecule has 1 spiro atoms. The van der Waals surface area contributed by atoms with E-state index in [1.807, 2.05) is 18.2 Å². The van der Waals surface area contributed by atoms with E-state index in [-0.39, 0.29) is 5.97 Å². The van der Waals surface area contributed by atoms with Gasteiger partial charge >= 0.3 is 5.97 Å². The van der Waals surface area contributed by atoms with Crippen molar-refractivity contribution in [3.8, 4) is 11.5 Å². The van der Waals surface area contributed by atoms with Crippen LogP contribution in [0.25, 0.3) is 0 Å². The Morgan fingerprint density at radius 2 is 2.00 bits per heavy atom. The molecule has 2 aliphatic rings. The lowest BCUT2D eigenvalue weighted by molar-refractivity contribution is -0.00597. The van der Waals surface area contributed by atoms with Gasteiger partial charge in [-0.25, -0.2) is 4.79 Å². The summed E-state index contributed by atoms with van der Waals surface area (Å²) in [6, 6.07) is 9.08. The van der Waals surface area contributed by atoms with Crippen LogP contribution in [0.2, 0.25) is 0 Å². The fourth-order valence-electron chi connectivity index (χ4n) is 3.47. The van der Waals surface area contributed by atoms with Crippen LogP contribution in [-0.2, 0) is 10.3 Å². The third-order valence-electron chi connectivity index (χ3n) is 4.48. The molecule has 2 aromatic carbocycles. The topological polar surface area (TPSA) is 96.8 Å². The minimum Gasteiger partial charge on any atom is -0.492 e. The van der Waals surface area contributed by atoms with Crippen molar-refractivity contribution in [1.82, 2.24) is 0 Å². The van der Waals surface area contributed by atoms with Crippen LogP contribution in [0, 0.1) is 0 Å². The van der Waals surface area contributed by atoms with Crippen LogP contribution in [0.4, 0.5) is 11.4 Å². The van der Waals surface area contributed by atoms with Crippen LogP contribution in [0.5, 0.6) is 11.5 Å². The fraction of sp³-hybridized carbons (Fsp3) is 0.235. The van der Waals surface area contributed by atoms with Crippen molar-refractivity contribution in [2.24, 2.45) is 0 Å². The van der Waals surface area contributed by atoms with Crippen LogP contribution >= 0.6 is 0 Å². The number of benzene rings is 2. The standard InChI is InChI=1S/C17H16N2O4/c1-21-15-12(18)8-11-14(13(15)19)22-7-6-17(11)10-5-3-2-4-9(10)16(20)23-17/h2-5,8H,6-7,18-19H2,1H3. The van der Waals surface area contributed by atoms with E-state index in [1.54, 1.807) is 12.1 Å². The highest BCUT2D eigenvalue weighted by Crippen LogP contribution is 2.54. The molecular weight excluding hydrogens is 296 g/mol. The Morgan fingerprint density at radius 3 is 2.78 bits per heavy atom. The molecule has 2 heterocycles. The van der Waals surface area contributed by atoms with Crippen molar-refractivity contribution in [3.05, 3.63) is 47.0 Å². The number of hydrogen-bond acceptors (Lipinski definition) is 6. The first-order valence-electron chi connectivity index (χ1n) is 7.30. The van der Waals surface area contributed by atoms with Crippen molar-refractivity contribution < 1.29 is 19.0 Å². The van der Waals surface area contributed by atoms with Gasteiger partial charge in [-0.15, -0.1) is 0 Å². The zero-order valence-corrected chi connectivity index (χ0v) is 12.6. The molecule has 0 aromatic heterocycles. The molecule has 4 rings (SSSR count). The number of rotatable bonds is 1. The average molecular weight is 312 g/mol. The van der Waals surface area contributed by atoms with Crippen molar-refractivity contribution in [2.75, 3.05) is 25.2 Å². The molecule has 0 amide bonds. The third-order valence-corrected chi connectivity index (χ3v) is 4.48. The highest BCUT2D eigenvalue weighted by molar-refractivity contribution is 5.96. The molecule has 1 unspecified atom stereocenters. The minimum absolute atomic E-state index is 0.321. The van der Waals surface area contributed by atoms with Gasteiger partial charge in [-0.1, -0.05) is 18.2 Å². The maximum Gasteiger partial charge on any atom is 0.339 e. The molecule has 4 N–H and O–H groups in total. The van der Waals surface area contributed by atoms with Crippen LogP contribution in [0.1, 0.15) is 27.9 Å². The summed E-state index contributed by atoms with van der Waals surface area (Å²) in [6.07, 6.45) is 0.508. The molecule has 2 aromatic rings. The summed E-state index contributed by atoms with van der Waals surface area (Å²) in [5.74, 6) is 0.492.